The molecule has 6 aliphatic carbocycles. The van der Waals surface area contributed by atoms with E-state index in [9.17, 15) is 18.0 Å². The second-order valence-corrected chi connectivity index (χ2v) is 23.7. The Morgan fingerprint density at radius 3 is 1.80 bits per heavy atom. The van der Waals surface area contributed by atoms with Gasteiger partial charge in [0.2, 0.25) is 0 Å². The van der Waals surface area contributed by atoms with Crippen LogP contribution < -0.4 is 11.1 Å². The van der Waals surface area contributed by atoms with Gasteiger partial charge in [0.25, 0.3) is 11.1 Å². The van der Waals surface area contributed by atoms with Crippen molar-refractivity contribution in [3.8, 4) is 0 Å². The topological polar surface area (TPSA) is 152 Å². The van der Waals surface area contributed by atoms with E-state index in [1.807, 2.05) is 99.6 Å². The fourth-order valence-corrected chi connectivity index (χ4v) is 11.0. The summed E-state index contributed by atoms with van der Waals surface area (Å²) in [5.74, 6) is 1.96. The summed E-state index contributed by atoms with van der Waals surface area (Å²) in [6.07, 6.45) is 14.6. The molecular weight excluding hydrogens is 795 g/mol. The van der Waals surface area contributed by atoms with Gasteiger partial charge >= 0.3 is 0 Å². The molecule has 0 aliphatic heterocycles. The number of benzene rings is 2. The second kappa shape index (κ2) is 14.4. The maximum atomic E-state index is 13.1. The van der Waals surface area contributed by atoms with Crippen molar-refractivity contribution < 1.29 is 8.42 Å². The molecule has 0 radical (unpaired) electrons. The molecule has 6 aromatic rings. The molecule has 60 heavy (non-hydrogen) atoms. The van der Waals surface area contributed by atoms with Crippen LogP contribution in [0.2, 0.25) is 0 Å². The first-order chi connectivity index (χ1) is 28.4. The Balaban J connectivity index is 0.000000154. The predicted octanol–water partition coefficient (Wildman–Crippen LogP) is 6.26. The highest BCUT2D eigenvalue weighted by Crippen LogP contribution is 2.62. The number of hydrogen-bond acceptors (Lipinski definition) is 8. The number of rotatable bonds is 9. The summed E-state index contributed by atoms with van der Waals surface area (Å²) in [5, 5.41) is 20.8. The normalized spacial score (nSPS) is 24.6. The summed E-state index contributed by atoms with van der Waals surface area (Å²) in [6, 6.07) is 15.2. The molecule has 13 nitrogen and oxygen atoms in total. The van der Waals surface area contributed by atoms with Crippen LogP contribution in [0.5, 0.6) is 0 Å². The van der Waals surface area contributed by atoms with Gasteiger partial charge in [-0.05, 0) is 133 Å². The number of pyridine rings is 2. The number of fused-ring (bicyclic) bond motifs is 2. The third-order valence-corrected chi connectivity index (χ3v) is 16.6. The number of hydrogen-bond donors (Lipinski definition) is 0. The Labute approximate surface area is 354 Å². The smallest absolute Gasteiger partial charge is 0.258 e. The molecule has 0 saturated heterocycles. The van der Waals surface area contributed by atoms with Crippen LogP contribution in [0.4, 0.5) is 0 Å². The molecule has 6 saturated carbocycles. The van der Waals surface area contributed by atoms with Gasteiger partial charge in [-0.15, -0.1) is 10.2 Å². The third kappa shape index (κ3) is 6.85. The Hall–Kier alpha value is -4.89. The summed E-state index contributed by atoms with van der Waals surface area (Å²) >= 11 is 0. The maximum Gasteiger partial charge on any atom is 0.258 e. The average Bonchev–Trinajstić information content (AvgIpc) is 3.80. The quantitative estimate of drug-likeness (QED) is 0.155. The molecule has 4 heterocycles. The lowest BCUT2D eigenvalue weighted by Crippen LogP contribution is -2.59. The molecule has 0 N–H and O–H groups in total. The van der Waals surface area contributed by atoms with Crippen LogP contribution in [0.1, 0.15) is 109 Å². The monoisotopic (exact) mass is 847 g/mol. The number of nitrogens with zero attached hydrogens (tertiary/aromatic N) is 9. The zero-order valence-electron chi connectivity index (χ0n) is 35.6. The van der Waals surface area contributed by atoms with Crippen LogP contribution >= 0.6 is 0 Å². The first-order valence-corrected chi connectivity index (χ1v) is 23.2. The van der Waals surface area contributed by atoms with Crippen molar-refractivity contribution in [1.82, 2.24) is 39.1 Å². The molecule has 4 aromatic heterocycles. The van der Waals surface area contributed by atoms with E-state index < -0.39 is 26.5 Å². The van der Waals surface area contributed by atoms with E-state index in [1.54, 1.807) is 41.7 Å². The summed E-state index contributed by atoms with van der Waals surface area (Å²) in [7, 11) is 0.935. The van der Waals surface area contributed by atoms with Gasteiger partial charge in [0.05, 0.1) is 27.7 Å². The van der Waals surface area contributed by atoms with Crippen molar-refractivity contribution >= 4 is 49.0 Å². The van der Waals surface area contributed by atoms with Crippen molar-refractivity contribution in [2.75, 3.05) is 5.75 Å². The van der Waals surface area contributed by atoms with E-state index in [4.69, 9.17) is 0 Å². The van der Waals surface area contributed by atoms with E-state index in [-0.39, 0.29) is 32.9 Å². The van der Waals surface area contributed by atoms with Crippen molar-refractivity contribution in [2.24, 2.45) is 30.3 Å². The predicted molar refractivity (Wildman–Crippen MR) is 237 cm³/mol. The van der Waals surface area contributed by atoms with Gasteiger partial charge < -0.3 is 9.13 Å². The summed E-state index contributed by atoms with van der Waals surface area (Å²) in [4.78, 5) is 25.3. The van der Waals surface area contributed by atoms with Gasteiger partial charge in [-0.3, -0.25) is 13.8 Å². The lowest BCUT2D eigenvalue weighted by atomic mass is 9.50. The highest BCUT2D eigenvalue weighted by atomic mass is 32.2. The fourth-order valence-electron chi connectivity index (χ4n) is 9.17. The van der Waals surface area contributed by atoms with Crippen molar-refractivity contribution in [2.45, 2.75) is 107 Å². The minimum Gasteiger partial charge on any atom is -0.318 e. The Bertz CT molecular complexity index is 2860. The van der Waals surface area contributed by atoms with Crippen molar-refractivity contribution in [3.63, 3.8) is 0 Å². The van der Waals surface area contributed by atoms with E-state index in [0.29, 0.717) is 27.9 Å². The first kappa shape index (κ1) is 40.5. The Morgan fingerprint density at radius 2 is 1.25 bits per heavy atom. The van der Waals surface area contributed by atoms with Gasteiger partial charge in [-0.1, -0.05) is 34.7 Å². The van der Waals surface area contributed by atoms with E-state index >= 15 is 0 Å². The second-order valence-electron chi connectivity index (χ2n) is 19.6. The molecule has 0 unspecified atom stereocenters. The Kier molecular flexibility index (Phi) is 9.69. The highest BCUT2D eigenvalue weighted by molar-refractivity contribution is 7.86. The number of aromatic nitrogens is 8. The third-order valence-electron chi connectivity index (χ3n) is 13.2. The summed E-state index contributed by atoms with van der Waals surface area (Å²) in [5.41, 5.74) is 3.85. The molecule has 314 valence electrons. The largest absolute Gasteiger partial charge is 0.318 e. The molecule has 2 aromatic carbocycles. The van der Waals surface area contributed by atoms with Gasteiger partial charge in [-0.2, -0.15) is 4.40 Å². The van der Waals surface area contributed by atoms with Gasteiger partial charge in [-0.25, -0.2) is 13.6 Å². The summed E-state index contributed by atoms with van der Waals surface area (Å²) in [6.45, 7) is 11.7. The first-order valence-electron chi connectivity index (χ1n) is 20.8. The maximum absolute atomic E-state index is 13.1. The lowest BCUT2D eigenvalue weighted by Gasteiger charge is -2.61. The highest BCUT2D eigenvalue weighted by Gasteiger charge is 2.59. The summed E-state index contributed by atoms with van der Waals surface area (Å²) < 4.78 is 37.0. The van der Waals surface area contributed by atoms with Crippen LogP contribution in [0.3, 0.4) is 0 Å². The lowest BCUT2D eigenvalue weighted by molar-refractivity contribution is -0.0989. The van der Waals surface area contributed by atoms with Crippen molar-refractivity contribution in [3.05, 3.63) is 117 Å². The molecule has 0 amide bonds. The number of aryl methyl sites for hydroxylation is 2. The molecule has 15 heteroatoms. The van der Waals surface area contributed by atoms with Crippen LogP contribution in [-0.2, 0) is 47.0 Å². The molecule has 3 atom stereocenters. The average molecular weight is 848 g/mol. The fraction of sp³-hybridized carbons (Fsp3) is 0.489. The zero-order chi connectivity index (χ0) is 42.5. The van der Waals surface area contributed by atoms with E-state index in [2.05, 4.69) is 31.2 Å². The van der Waals surface area contributed by atoms with Crippen molar-refractivity contribution in [1.29, 1.82) is 0 Å². The molecule has 4 bridgehead atoms. The van der Waals surface area contributed by atoms with Gasteiger partial charge in [0.15, 0.2) is 0 Å². The minimum absolute atomic E-state index is 0.0254. The molecule has 6 aliphatic rings. The molecular formula is C45H53N9O4S2. The SMILES string of the molecule is Cn1ccc2c(C(=N[S@@](=O)C(C)(C)C)c3cn(C45CC(C4)C5)nn3)cccc2c1=O.Cn1ccc2c([C@H](C[S@@](=O)C(C)(C)C)c3cn(C45CC(C4)C5)nn3)cccc2c1=O. The van der Waals surface area contributed by atoms with Gasteiger partial charge in [0, 0.05) is 76.2 Å². The van der Waals surface area contributed by atoms with E-state index in [0.717, 1.165) is 58.7 Å². The molecule has 0 spiro atoms. The zero-order valence-corrected chi connectivity index (χ0v) is 37.2. The Morgan fingerprint density at radius 1 is 0.717 bits per heavy atom. The standard InChI is InChI=1S/C23H28N4O2S.C22H25N5O2S/c1-22(2,3)30(29)14-19(20-13-27(25-24-20)23-10-15(11-23)12-23)16-6-5-7-18-17(16)8-9-26(4)21(18)28;1-21(2,3)30(29)24-19(18-13-27(25-23-18)22-10-14(11-22)12-22)16-6-5-7-17-15(16)8-9-26(4)20(17)28/h5-9,13,15,19H,10-12,14H2,1-4H3;5-9,13-14H,10-12H2,1-4H3/t15?,19-,23?,30+;14?,22?,30-/m00/s1. The van der Waals surface area contributed by atoms with E-state index in [1.165, 1.54) is 19.3 Å². The van der Waals surface area contributed by atoms with Gasteiger partial charge in [0.1, 0.15) is 22.4 Å². The van der Waals surface area contributed by atoms with Crippen LogP contribution in [0, 0.1) is 11.8 Å². The minimum atomic E-state index is -1.48. The van der Waals surface area contributed by atoms with Crippen LogP contribution in [0.15, 0.2) is 87.3 Å². The van der Waals surface area contributed by atoms with Crippen LogP contribution in [0.25, 0.3) is 21.5 Å². The molecule has 6 fully saturated rings. The van der Waals surface area contributed by atoms with Crippen LogP contribution in [-0.4, -0.2) is 68.5 Å². The molecule has 12 rings (SSSR count).